The molecule has 0 radical (unpaired) electrons. The van der Waals surface area contributed by atoms with E-state index in [1.165, 1.54) is 0 Å². The van der Waals surface area contributed by atoms with Crippen LogP contribution in [0.2, 0.25) is 0 Å². The van der Waals surface area contributed by atoms with Crippen LogP contribution in [0, 0.1) is 0 Å². The van der Waals surface area contributed by atoms with Crippen molar-refractivity contribution in [3.8, 4) is 5.75 Å². The number of hydrogen-bond donors (Lipinski definition) is 1. The molecule has 1 aliphatic carbocycles. The van der Waals surface area contributed by atoms with Gasteiger partial charge >= 0.3 is 0 Å². The normalized spacial score (nSPS) is 13.2. The molecule has 0 fully saturated rings. The molecular formula is C15H19NO3. The SMILES string of the molecule is CCCCNC(=O)COc1ccc2c(c1)CCC2=O. The number of amides is 1. The first-order valence-electron chi connectivity index (χ1n) is 6.76. The van der Waals surface area contributed by atoms with Crippen LogP contribution < -0.4 is 10.1 Å². The lowest BCUT2D eigenvalue weighted by Gasteiger charge is -2.08. The quantitative estimate of drug-likeness (QED) is 0.798. The van der Waals surface area contributed by atoms with E-state index < -0.39 is 0 Å². The Kier molecular flexibility index (Phi) is 4.55. The van der Waals surface area contributed by atoms with E-state index in [0.717, 1.165) is 30.4 Å². The zero-order valence-corrected chi connectivity index (χ0v) is 11.2. The predicted octanol–water partition coefficient (Wildman–Crippen LogP) is 2.11. The van der Waals surface area contributed by atoms with Crippen LogP contribution in [0.15, 0.2) is 18.2 Å². The van der Waals surface area contributed by atoms with Crippen LogP contribution in [0.5, 0.6) is 5.75 Å². The number of carbonyl (C=O) groups excluding carboxylic acids is 2. The molecule has 0 aliphatic heterocycles. The Morgan fingerprint density at radius 1 is 1.37 bits per heavy atom. The van der Waals surface area contributed by atoms with E-state index in [2.05, 4.69) is 12.2 Å². The largest absolute Gasteiger partial charge is 0.484 e. The highest BCUT2D eigenvalue weighted by molar-refractivity contribution is 6.00. The first-order chi connectivity index (χ1) is 9.20. The molecule has 0 saturated heterocycles. The van der Waals surface area contributed by atoms with Gasteiger partial charge in [0, 0.05) is 18.5 Å². The molecule has 0 bridgehead atoms. The molecule has 1 N–H and O–H groups in total. The Balaban J connectivity index is 1.84. The van der Waals surface area contributed by atoms with Crippen molar-refractivity contribution < 1.29 is 14.3 Å². The minimum atomic E-state index is -0.106. The molecule has 0 spiro atoms. The fourth-order valence-corrected chi connectivity index (χ4v) is 2.13. The Hall–Kier alpha value is -1.84. The third-order valence-electron chi connectivity index (χ3n) is 3.22. The Bertz CT molecular complexity index is 482. The molecule has 0 atom stereocenters. The number of rotatable bonds is 6. The van der Waals surface area contributed by atoms with Crippen molar-refractivity contribution in [2.24, 2.45) is 0 Å². The predicted molar refractivity (Wildman–Crippen MR) is 72.5 cm³/mol. The van der Waals surface area contributed by atoms with E-state index in [9.17, 15) is 9.59 Å². The van der Waals surface area contributed by atoms with Crippen LogP contribution in [0.3, 0.4) is 0 Å². The summed E-state index contributed by atoms with van der Waals surface area (Å²) < 4.78 is 5.44. The van der Waals surface area contributed by atoms with E-state index in [1.54, 1.807) is 12.1 Å². The molecule has 1 aromatic rings. The van der Waals surface area contributed by atoms with Gasteiger partial charge < -0.3 is 10.1 Å². The first-order valence-corrected chi connectivity index (χ1v) is 6.76. The average molecular weight is 261 g/mol. The molecule has 1 amide bonds. The molecule has 0 aromatic heterocycles. The molecule has 1 aliphatic rings. The molecule has 102 valence electrons. The maximum absolute atomic E-state index is 11.5. The highest BCUT2D eigenvalue weighted by Crippen LogP contribution is 2.25. The summed E-state index contributed by atoms with van der Waals surface area (Å²) in [5.74, 6) is 0.739. The minimum absolute atomic E-state index is 0.0243. The molecule has 19 heavy (non-hydrogen) atoms. The maximum atomic E-state index is 11.5. The van der Waals surface area contributed by atoms with Crippen LogP contribution in [-0.2, 0) is 11.2 Å². The topological polar surface area (TPSA) is 55.4 Å². The number of fused-ring (bicyclic) bond motifs is 1. The van der Waals surface area contributed by atoms with Crippen LogP contribution >= 0.6 is 0 Å². The number of hydrogen-bond acceptors (Lipinski definition) is 3. The zero-order chi connectivity index (χ0) is 13.7. The van der Waals surface area contributed by atoms with Gasteiger partial charge in [0.15, 0.2) is 12.4 Å². The number of unbranched alkanes of at least 4 members (excludes halogenated alkanes) is 1. The van der Waals surface area contributed by atoms with E-state index >= 15 is 0 Å². The number of carbonyl (C=O) groups is 2. The van der Waals surface area contributed by atoms with Gasteiger partial charge in [-0.05, 0) is 36.6 Å². The van der Waals surface area contributed by atoms with E-state index in [-0.39, 0.29) is 18.3 Å². The van der Waals surface area contributed by atoms with Gasteiger partial charge in [0.1, 0.15) is 5.75 Å². The highest BCUT2D eigenvalue weighted by Gasteiger charge is 2.19. The fourth-order valence-electron chi connectivity index (χ4n) is 2.13. The van der Waals surface area contributed by atoms with Crippen molar-refractivity contribution in [1.82, 2.24) is 5.32 Å². The lowest BCUT2D eigenvalue weighted by Crippen LogP contribution is -2.29. The first kappa shape index (κ1) is 13.6. The second-order valence-electron chi connectivity index (χ2n) is 4.73. The number of nitrogens with one attached hydrogen (secondary N) is 1. The lowest BCUT2D eigenvalue weighted by molar-refractivity contribution is -0.123. The highest BCUT2D eigenvalue weighted by atomic mass is 16.5. The second-order valence-corrected chi connectivity index (χ2v) is 4.73. The molecule has 0 unspecified atom stereocenters. The fraction of sp³-hybridized carbons (Fsp3) is 0.467. The monoisotopic (exact) mass is 261 g/mol. The van der Waals surface area contributed by atoms with Gasteiger partial charge in [0.05, 0.1) is 0 Å². The maximum Gasteiger partial charge on any atom is 0.257 e. The Labute approximate surface area is 113 Å². The lowest BCUT2D eigenvalue weighted by atomic mass is 10.1. The number of benzene rings is 1. The van der Waals surface area contributed by atoms with Crippen LogP contribution in [0.1, 0.15) is 42.1 Å². The van der Waals surface area contributed by atoms with E-state index in [4.69, 9.17) is 4.74 Å². The molecule has 0 heterocycles. The summed E-state index contributed by atoms with van der Waals surface area (Å²) in [6, 6.07) is 5.40. The number of aryl methyl sites for hydroxylation is 1. The standard InChI is InChI=1S/C15H19NO3/c1-2-3-8-16-15(18)10-19-12-5-6-13-11(9-12)4-7-14(13)17/h5-6,9H,2-4,7-8,10H2,1H3,(H,16,18). The van der Waals surface area contributed by atoms with Crippen LogP contribution in [0.25, 0.3) is 0 Å². The van der Waals surface area contributed by atoms with Crippen molar-refractivity contribution in [1.29, 1.82) is 0 Å². The van der Waals surface area contributed by atoms with Gasteiger partial charge in [-0.2, -0.15) is 0 Å². The van der Waals surface area contributed by atoms with Gasteiger partial charge in [-0.3, -0.25) is 9.59 Å². The summed E-state index contributed by atoms with van der Waals surface area (Å²) in [6.07, 6.45) is 3.39. The molecule has 0 saturated carbocycles. The number of ketones is 1. The Morgan fingerprint density at radius 3 is 3.00 bits per heavy atom. The van der Waals surface area contributed by atoms with Crippen molar-refractivity contribution in [2.45, 2.75) is 32.6 Å². The summed E-state index contributed by atoms with van der Waals surface area (Å²) in [6.45, 7) is 2.79. The summed E-state index contributed by atoms with van der Waals surface area (Å²) in [7, 11) is 0. The van der Waals surface area contributed by atoms with Crippen LogP contribution in [-0.4, -0.2) is 24.8 Å². The van der Waals surface area contributed by atoms with Gasteiger partial charge in [-0.25, -0.2) is 0 Å². The third kappa shape index (κ3) is 3.56. The smallest absolute Gasteiger partial charge is 0.257 e. The molecule has 4 heteroatoms. The van der Waals surface area contributed by atoms with Gasteiger partial charge in [0.2, 0.25) is 0 Å². The van der Waals surface area contributed by atoms with Gasteiger partial charge in [-0.1, -0.05) is 13.3 Å². The number of ether oxygens (including phenoxy) is 1. The Morgan fingerprint density at radius 2 is 2.21 bits per heavy atom. The van der Waals surface area contributed by atoms with E-state index in [1.807, 2.05) is 6.07 Å². The molecule has 4 nitrogen and oxygen atoms in total. The average Bonchev–Trinajstić information content (AvgIpc) is 2.78. The van der Waals surface area contributed by atoms with Crippen molar-refractivity contribution in [3.63, 3.8) is 0 Å². The summed E-state index contributed by atoms with van der Waals surface area (Å²) >= 11 is 0. The number of Topliss-reactive ketones (excluding diaryl/α,β-unsaturated/α-hetero) is 1. The van der Waals surface area contributed by atoms with Crippen molar-refractivity contribution >= 4 is 11.7 Å². The zero-order valence-electron chi connectivity index (χ0n) is 11.2. The van der Waals surface area contributed by atoms with Gasteiger partial charge in [0.25, 0.3) is 5.91 Å². The summed E-state index contributed by atoms with van der Waals surface area (Å²) in [5.41, 5.74) is 1.81. The van der Waals surface area contributed by atoms with Gasteiger partial charge in [-0.15, -0.1) is 0 Å². The minimum Gasteiger partial charge on any atom is -0.484 e. The second kappa shape index (κ2) is 6.36. The van der Waals surface area contributed by atoms with E-state index in [0.29, 0.717) is 18.7 Å². The van der Waals surface area contributed by atoms with Crippen molar-refractivity contribution in [2.75, 3.05) is 13.2 Å². The summed E-state index contributed by atoms with van der Waals surface area (Å²) in [5, 5.41) is 2.80. The molecular weight excluding hydrogens is 242 g/mol. The third-order valence-corrected chi connectivity index (χ3v) is 3.22. The van der Waals surface area contributed by atoms with Crippen LogP contribution in [0.4, 0.5) is 0 Å². The van der Waals surface area contributed by atoms with Crippen molar-refractivity contribution in [3.05, 3.63) is 29.3 Å². The molecule has 1 aromatic carbocycles. The summed E-state index contributed by atoms with van der Waals surface area (Å²) in [4.78, 5) is 23.0. The molecule has 2 rings (SSSR count).